The van der Waals surface area contributed by atoms with Crippen LogP contribution in [0.1, 0.15) is 39.5 Å². The predicted octanol–water partition coefficient (Wildman–Crippen LogP) is 5.68. The van der Waals surface area contributed by atoms with Crippen molar-refractivity contribution in [3.63, 3.8) is 0 Å². The molecule has 3 atom stereocenters. The summed E-state index contributed by atoms with van der Waals surface area (Å²) in [4.78, 5) is 12.9. The second-order valence-corrected chi connectivity index (χ2v) is 8.30. The van der Waals surface area contributed by atoms with Crippen molar-refractivity contribution >= 4 is 18.0 Å². The van der Waals surface area contributed by atoms with Crippen LogP contribution < -0.4 is 0 Å². The van der Waals surface area contributed by atoms with Crippen LogP contribution in [0.25, 0.3) is 0 Å². The molecular weight excluding hydrogens is 300 g/mol. The molecule has 1 saturated carbocycles. The number of rotatable bonds is 4. The molecule has 2 heteroatoms. The predicted molar refractivity (Wildman–Crippen MR) is 98.6 cm³/mol. The molecule has 0 amide bonds. The average molecular weight is 327 g/mol. The standard InChI is InChI=1S/C21H26OS/c1-15-11-12-21(3)19(16(15)2)10-9-17(13-22)20(21)14-23-18-7-5-4-6-8-18/h4-8,13,15,19H,2,9-12,14H2,1,3H3/t15-,19-,21-/m0/s1. The zero-order valence-electron chi connectivity index (χ0n) is 14.2. The first-order valence-corrected chi connectivity index (χ1v) is 9.59. The molecule has 0 aliphatic heterocycles. The van der Waals surface area contributed by atoms with Crippen molar-refractivity contribution in [2.75, 3.05) is 5.75 Å². The van der Waals surface area contributed by atoms with Gasteiger partial charge in [0.25, 0.3) is 0 Å². The van der Waals surface area contributed by atoms with E-state index in [-0.39, 0.29) is 5.41 Å². The molecule has 0 bridgehead atoms. The highest BCUT2D eigenvalue weighted by Crippen LogP contribution is 2.56. The van der Waals surface area contributed by atoms with Gasteiger partial charge in [-0.2, -0.15) is 0 Å². The van der Waals surface area contributed by atoms with Gasteiger partial charge in [0.1, 0.15) is 6.29 Å². The van der Waals surface area contributed by atoms with Crippen molar-refractivity contribution in [3.05, 3.63) is 53.6 Å². The Balaban J connectivity index is 1.89. The van der Waals surface area contributed by atoms with Crippen LogP contribution in [0.3, 0.4) is 0 Å². The van der Waals surface area contributed by atoms with Crippen molar-refractivity contribution < 1.29 is 4.79 Å². The van der Waals surface area contributed by atoms with Crippen LogP contribution >= 0.6 is 11.8 Å². The van der Waals surface area contributed by atoms with Gasteiger partial charge in [-0.25, -0.2) is 0 Å². The zero-order valence-corrected chi connectivity index (χ0v) is 15.0. The Morgan fingerprint density at radius 3 is 2.74 bits per heavy atom. The maximum absolute atomic E-state index is 11.7. The topological polar surface area (TPSA) is 17.1 Å². The Labute approximate surface area is 144 Å². The first-order valence-electron chi connectivity index (χ1n) is 8.60. The smallest absolute Gasteiger partial charge is 0.146 e. The van der Waals surface area contributed by atoms with E-state index in [1.807, 2.05) is 17.8 Å². The first kappa shape index (κ1) is 16.6. The summed E-state index contributed by atoms with van der Waals surface area (Å²) >= 11 is 1.86. The van der Waals surface area contributed by atoms with Gasteiger partial charge in [0.2, 0.25) is 0 Å². The SMILES string of the molecule is C=C1[C@@H](C)CC[C@]2(C)C(CSc3ccccc3)=C(C=O)CC[C@@H]12. The maximum atomic E-state index is 11.7. The fourth-order valence-electron chi connectivity index (χ4n) is 4.37. The van der Waals surface area contributed by atoms with Crippen molar-refractivity contribution in [2.45, 2.75) is 44.4 Å². The van der Waals surface area contributed by atoms with Gasteiger partial charge in [0.15, 0.2) is 0 Å². The van der Waals surface area contributed by atoms with Crippen molar-refractivity contribution in [2.24, 2.45) is 17.3 Å². The van der Waals surface area contributed by atoms with Crippen LogP contribution in [-0.4, -0.2) is 12.0 Å². The molecule has 0 saturated heterocycles. The fraction of sp³-hybridized carbons (Fsp3) is 0.476. The number of fused-ring (bicyclic) bond motifs is 1. The summed E-state index contributed by atoms with van der Waals surface area (Å²) in [6.07, 6.45) is 5.49. The maximum Gasteiger partial charge on any atom is 0.146 e. The molecule has 23 heavy (non-hydrogen) atoms. The second kappa shape index (κ2) is 6.68. The lowest BCUT2D eigenvalue weighted by atomic mass is 9.55. The minimum atomic E-state index is 0.125. The molecule has 0 aromatic heterocycles. The number of hydrogen-bond acceptors (Lipinski definition) is 2. The number of carbonyl (C=O) groups excluding carboxylic acids is 1. The third kappa shape index (κ3) is 3.06. The highest BCUT2D eigenvalue weighted by atomic mass is 32.2. The van der Waals surface area contributed by atoms with Crippen molar-refractivity contribution in [1.29, 1.82) is 0 Å². The molecule has 2 aliphatic rings. The van der Waals surface area contributed by atoms with Gasteiger partial charge in [-0.15, -0.1) is 11.8 Å². The fourth-order valence-corrected chi connectivity index (χ4v) is 5.55. The molecule has 1 aromatic rings. The van der Waals surface area contributed by atoms with Gasteiger partial charge >= 0.3 is 0 Å². The minimum Gasteiger partial charge on any atom is -0.298 e. The molecule has 0 heterocycles. The Bertz CT molecular complexity index is 631. The van der Waals surface area contributed by atoms with Crippen molar-refractivity contribution in [1.82, 2.24) is 0 Å². The number of allylic oxidation sites excluding steroid dienone is 2. The van der Waals surface area contributed by atoms with Crippen LogP contribution in [0.2, 0.25) is 0 Å². The highest BCUT2D eigenvalue weighted by Gasteiger charge is 2.46. The Hall–Kier alpha value is -1.28. The van der Waals surface area contributed by atoms with Gasteiger partial charge in [-0.05, 0) is 66.2 Å². The van der Waals surface area contributed by atoms with Crippen molar-refractivity contribution in [3.8, 4) is 0 Å². The Morgan fingerprint density at radius 1 is 1.30 bits per heavy atom. The summed E-state index contributed by atoms with van der Waals surface area (Å²) in [6, 6.07) is 10.5. The van der Waals surface area contributed by atoms with Gasteiger partial charge in [-0.1, -0.05) is 44.2 Å². The van der Waals surface area contributed by atoms with Crippen LogP contribution in [0.4, 0.5) is 0 Å². The van der Waals surface area contributed by atoms with E-state index in [1.165, 1.54) is 28.9 Å². The van der Waals surface area contributed by atoms with E-state index >= 15 is 0 Å². The number of thioether (sulfide) groups is 1. The molecule has 1 fully saturated rings. The lowest BCUT2D eigenvalue weighted by Gasteiger charge is -2.50. The lowest BCUT2D eigenvalue weighted by Crippen LogP contribution is -2.41. The van der Waals surface area contributed by atoms with E-state index in [1.54, 1.807) is 0 Å². The summed E-state index contributed by atoms with van der Waals surface area (Å²) in [5.74, 6) is 2.09. The lowest BCUT2D eigenvalue weighted by molar-refractivity contribution is -0.105. The molecule has 1 aromatic carbocycles. The van der Waals surface area contributed by atoms with Crippen LogP contribution in [-0.2, 0) is 4.79 Å². The third-order valence-electron chi connectivity index (χ3n) is 5.99. The summed E-state index contributed by atoms with van der Waals surface area (Å²) < 4.78 is 0. The van der Waals surface area contributed by atoms with E-state index in [0.29, 0.717) is 11.8 Å². The Morgan fingerprint density at radius 2 is 2.04 bits per heavy atom. The quantitative estimate of drug-likeness (QED) is 0.402. The summed E-state index contributed by atoms with van der Waals surface area (Å²) in [5, 5.41) is 0. The second-order valence-electron chi connectivity index (χ2n) is 7.25. The number of hydrogen-bond donors (Lipinski definition) is 0. The molecular formula is C21H26OS. The van der Waals surface area contributed by atoms with Gasteiger partial charge in [0, 0.05) is 10.6 Å². The largest absolute Gasteiger partial charge is 0.298 e. The van der Waals surface area contributed by atoms with Gasteiger partial charge < -0.3 is 0 Å². The molecule has 2 aliphatic carbocycles. The Kier molecular flexibility index (Phi) is 4.82. The molecule has 0 N–H and O–H groups in total. The zero-order chi connectivity index (χ0) is 16.4. The molecule has 122 valence electrons. The summed E-state index contributed by atoms with van der Waals surface area (Å²) in [6.45, 7) is 9.09. The number of aldehydes is 1. The van der Waals surface area contributed by atoms with E-state index in [9.17, 15) is 4.79 Å². The van der Waals surface area contributed by atoms with Crippen LogP contribution in [0.15, 0.2) is 58.5 Å². The van der Waals surface area contributed by atoms with Crippen LogP contribution in [0, 0.1) is 17.3 Å². The van der Waals surface area contributed by atoms with Gasteiger partial charge in [0.05, 0.1) is 0 Å². The van der Waals surface area contributed by atoms with E-state index < -0.39 is 0 Å². The average Bonchev–Trinajstić information content (AvgIpc) is 2.57. The van der Waals surface area contributed by atoms with E-state index in [0.717, 1.165) is 30.5 Å². The van der Waals surface area contributed by atoms with E-state index in [2.05, 4.69) is 44.7 Å². The molecule has 0 radical (unpaired) electrons. The normalized spacial score (nSPS) is 31.0. The first-order chi connectivity index (χ1) is 11.1. The summed E-state index contributed by atoms with van der Waals surface area (Å²) in [5.41, 5.74) is 3.96. The third-order valence-corrected chi connectivity index (χ3v) is 7.03. The minimum absolute atomic E-state index is 0.125. The molecule has 0 spiro atoms. The molecule has 3 rings (SSSR count). The molecule has 1 nitrogen and oxygen atoms in total. The van der Waals surface area contributed by atoms with Crippen LogP contribution in [0.5, 0.6) is 0 Å². The number of benzene rings is 1. The van der Waals surface area contributed by atoms with E-state index in [4.69, 9.17) is 0 Å². The van der Waals surface area contributed by atoms with Gasteiger partial charge in [-0.3, -0.25) is 4.79 Å². The monoisotopic (exact) mass is 326 g/mol. The molecule has 0 unspecified atom stereocenters. The highest BCUT2D eigenvalue weighted by molar-refractivity contribution is 7.99. The number of carbonyl (C=O) groups is 1. The summed E-state index contributed by atoms with van der Waals surface area (Å²) in [7, 11) is 0.